The number of nitrogens with one attached hydrogen (secondary N) is 2. The highest BCUT2D eigenvalue weighted by molar-refractivity contribution is 5.80. The molecule has 0 aromatic heterocycles. The van der Waals surface area contributed by atoms with Gasteiger partial charge in [0.1, 0.15) is 0 Å². The molecule has 0 aliphatic carbocycles. The Morgan fingerprint density at radius 2 is 1.83 bits per heavy atom. The lowest BCUT2D eigenvalue weighted by atomic mass is 10.2. The average Bonchev–Trinajstić information content (AvgIpc) is 2.34. The molecule has 0 aliphatic heterocycles. The van der Waals surface area contributed by atoms with Crippen molar-refractivity contribution in [3.8, 4) is 0 Å². The molecule has 0 fully saturated rings. The minimum absolute atomic E-state index is 0.0281. The molecule has 0 saturated heterocycles. The Morgan fingerprint density at radius 3 is 2.33 bits per heavy atom. The van der Waals surface area contributed by atoms with Crippen LogP contribution in [0.5, 0.6) is 0 Å². The first-order valence-corrected chi connectivity index (χ1v) is 6.27. The summed E-state index contributed by atoms with van der Waals surface area (Å²) in [4.78, 5) is 13.6. The molecule has 18 heavy (non-hydrogen) atoms. The van der Waals surface area contributed by atoms with Crippen LogP contribution in [0.1, 0.15) is 13.8 Å². The van der Waals surface area contributed by atoms with Crippen molar-refractivity contribution < 1.29 is 4.79 Å². The Balaban J connectivity index is 2.37. The van der Waals surface area contributed by atoms with Gasteiger partial charge in [-0.1, -0.05) is 13.8 Å². The van der Waals surface area contributed by atoms with E-state index in [0.717, 1.165) is 17.9 Å². The van der Waals surface area contributed by atoms with Crippen LogP contribution in [0.4, 0.5) is 11.4 Å². The summed E-state index contributed by atoms with van der Waals surface area (Å²) in [5, 5.41) is 5.98. The molecule has 100 valence electrons. The smallest absolute Gasteiger partial charge is 0.239 e. The van der Waals surface area contributed by atoms with E-state index in [2.05, 4.69) is 24.5 Å². The third kappa shape index (κ3) is 5.08. The third-order valence-corrected chi connectivity index (χ3v) is 2.54. The summed E-state index contributed by atoms with van der Waals surface area (Å²) < 4.78 is 0. The third-order valence-electron chi connectivity index (χ3n) is 2.54. The normalized spacial score (nSPS) is 10.3. The van der Waals surface area contributed by atoms with Gasteiger partial charge in [0, 0.05) is 32.0 Å². The van der Waals surface area contributed by atoms with E-state index in [4.69, 9.17) is 0 Å². The zero-order chi connectivity index (χ0) is 13.5. The van der Waals surface area contributed by atoms with Gasteiger partial charge in [0.2, 0.25) is 5.91 Å². The van der Waals surface area contributed by atoms with Crippen LogP contribution in [0.3, 0.4) is 0 Å². The maximum absolute atomic E-state index is 11.5. The van der Waals surface area contributed by atoms with E-state index in [9.17, 15) is 4.79 Å². The fourth-order valence-electron chi connectivity index (χ4n) is 1.44. The quantitative estimate of drug-likeness (QED) is 0.810. The van der Waals surface area contributed by atoms with E-state index in [0.29, 0.717) is 12.5 Å². The van der Waals surface area contributed by atoms with Gasteiger partial charge in [0.25, 0.3) is 0 Å². The molecule has 0 aliphatic rings. The molecule has 0 radical (unpaired) electrons. The van der Waals surface area contributed by atoms with Crippen LogP contribution >= 0.6 is 0 Å². The Morgan fingerprint density at radius 1 is 1.22 bits per heavy atom. The van der Waals surface area contributed by atoms with Crippen molar-refractivity contribution in [2.75, 3.05) is 37.4 Å². The van der Waals surface area contributed by atoms with E-state index in [1.165, 1.54) is 0 Å². The van der Waals surface area contributed by atoms with E-state index in [-0.39, 0.29) is 5.91 Å². The molecule has 0 heterocycles. The van der Waals surface area contributed by atoms with E-state index >= 15 is 0 Å². The van der Waals surface area contributed by atoms with Crippen LogP contribution in [-0.2, 0) is 4.79 Å². The lowest BCUT2D eigenvalue weighted by Crippen LogP contribution is -2.32. The maximum Gasteiger partial charge on any atom is 0.239 e. The van der Waals surface area contributed by atoms with Crippen LogP contribution in [0.2, 0.25) is 0 Å². The van der Waals surface area contributed by atoms with E-state index < -0.39 is 0 Å². The molecule has 1 aromatic carbocycles. The highest BCUT2D eigenvalue weighted by Gasteiger charge is 2.02. The Kier molecular flexibility index (Phi) is 5.49. The van der Waals surface area contributed by atoms with Gasteiger partial charge in [-0.3, -0.25) is 4.79 Å². The predicted molar refractivity (Wildman–Crippen MR) is 77.1 cm³/mol. The molecule has 1 aromatic rings. The zero-order valence-corrected chi connectivity index (χ0v) is 11.7. The fourth-order valence-corrected chi connectivity index (χ4v) is 1.44. The van der Waals surface area contributed by atoms with E-state index in [1.54, 1.807) is 0 Å². The van der Waals surface area contributed by atoms with Crippen molar-refractivity contribution in [2.45, 2.75) is 13.8 Å². The van der Waals surface area contributed by atoms with Gasteiger partial charge < -0.3 is 15.5 Å². The van der Waals surface area contributed by atoms with Crippen molar-refractivity contribution in [2.24, 2.45) is 5.92 Å². The van der Waals surface area contributed by atoms with Gasteiger partial charge in [0.05, 0.1) is 6.54 Å². The van der Waals surface area contributed by atoms with Crippen LogP contribution in [-0.4, -0.2) is 33.1 Å². The van der Waals surface area contributed by atoms with Gasteiger partial charge in [0.15, 0.2) is 0 Å². The zero-order valence-electron chi connectivity index (χ0n) is 11.7. The Hall–Kier alpha value is -1.71. The van der Waals surface area contributed by atoms with Crippen LogP contribution in [0.25, 0.3) is 0 Å². The minimum Gasteiger partial charge on any atom is -0.378 e. The second-order valence-corrected chi connectivity index (χ2v) is 4.99. The van der Waals surface area contributed by atoms with Gasteiger partial charge in [-0.05, 0) is 30.2 Å². The summed E-state index contributed by atoms with van der Waals surface area (Å²) in [6, 6.07) is 8.00. The number of hydrogen-bond acceptors (Lipinski definition) is 3. The minimum atomic E-state index is 0.0281. The molecule has 4 nitrogen and oxygen atoms in total. The van der Waals surface area contributed by atoms with Crippen LogP contribution in [0, 0.1) is 5.92 Å². The average molecular weight is 249 g/mol. The largest absolute Gasteiger partial charge is 0.378 e. The second kappa shape index (κ2) is 6.89. The number of carbonyl (C=O) groups excluding carboxylic acids is 1. The highest BCUT2D eigenvalue weighted by atomic mass is 16.1. The van der Waals surface area contributed by atoms with Crippen molar-refractivity contribution >= 4 is 17.3 Å². The van der Waals surface area contributed by atoms with Crippen molar-refractivity contribution in [1.29, 1.82) is 0 Å². The number of anilines is 2. The molecule has 1 rings (SSSR count). The molecule has 0 spiro atoms. The fraction of sp³-hybridized carbons (Fsp3) is 0.500. The molecule has 2 N–H and O–H groups in total. The first-order valence-electron chi connectivity index (χ1n) is 6.27. The number of benzene rings is 1. The molecule has 1 amide bonds. The van der Waals surface area contributed by atoms with Crippen molar-refractivity contribution in [3.63, 3.8) is 0 Å². The first-order chi connectivity index (χ1) is 8.49. The number of nitrogens with zero attached hydrogens (tertiary/aromatic N) is 1. The van der Waals surface area contributed by atoms with Gasteiger partial charge in [-0.25, -0.2) is 0 Å². The summed E-state index contributed by atoms with van der Waals surface area (Å²) in [7, 11) is 4.00. The topological polar surface area (TPSA) is 44.4 Å². The SMILES string of the molecule is CC(C)CNC(=O)CNc1ccc(N(C)C)cc1. The lowest BCUT2D eigenvalue weighted by Gasteiger charge is -2.13. The number of rotatable bonds is 6. The maximum atomic E-state index is 11.5. The molecular weight excluding hydrogens is 226 g/mol. The summed E-state index contributed by atoms with van der Waals surface area (Å²) in [5.41, 5.74) is 2.10. The second-order valence-electron chi connectivity index (χ2n) is 4.99. The summed E-state index contributed by atoms with van der Waals surface area (Å²) in [5.74, 6) is 0.508. The van der Waals surface area contributed by atoms with Crippen LogP contribution in [0.15, 0.2) is 24.3 Å². The Labute approximate surface area is 109 Å². The van der Waals surface area contributed by atoms with E-state index in [1.807, 2.05) is 43.3 Å². The van der Waals surface area contributed by atoms with Crippen LogP contribution < -0.4 is 15.5 Å². The molecule has 0 unspecified atom stereocenters. The number of hydrogen-bond donors (Lipinski definition) is 2. The van der Waals surface area contributed by atoms with Gasteiger partial charge in [-0.2, -0.15) is 0 Å². The van der Waals surface area contributed by atoms with Crippen molar-refractivity contribution in [1.82, 2.24) is 5.32 Å². The molecule has 0 bridgehead atoms. The molecule has 0 atom stereocenters. The standard InChI is InChI=1S/C14H23N3O/c1-11(2)9-16-14(18)10-15-12-5-7-13(8-6-12)17(3)4/h5-8,11,15H,9-10H2,1-4H3,(H,16,18). The lowest BCUT2D eigenvalue weighted by molar-refractivity contribution is -0.119. The monoisotopic (exact) mass is 249 g/mol. The first kappa shape index (κ1) is 14.4. The van der Waals surface area contributed by atoms with Gasteiger partial charge in [-0.15, -0.1) is 0 Å². The summed E-state index contributed by atoms with van der Waals surface area (Å²) in [6.07, 6.45) is 0. The Bertz CT molecular complexity index is 371. The highest BCUT2D eigenvalue weighted by Crippen LogP contribution is 2.15. The van der Waals surface area contributed by atoms with Crippen molar-refractivity contribution in [3.05, 3.63) is 24.3 Å². The molecule has 0 saturated carbocycles. The van der Waals surface area contributed by atoms with Gasteiger partial charge >= 0.3 is 0 Å². The predicted octanol–water partition coefficient (Wildman–Crippen LogP) is 1.94. The molecular formula is C14H23N3O. The number of amides is 1. The summed E-state index contributed by atoms with van der Waals surface area (Å²) in [6.45, 7) is 5.19. The summed E-state index contributed by atoms with van der Waals surface area (Å²) >= 11 is 0. The molecule has 4 heteroatoms. The number of carbonyl (C=O) groups is 1.